The third-order valence-corrected chi connectivity index (χ3v) is 3.36. The van der Waals surface area contributed by atoms with Gasteiger partial charge in [0.05, 0.1) is 11.4 Å². The summed E-state index contributed by atoms with van der Waals surface area (Å²) in [5.74, 6) is 0.157. The second-order valence-corrected chi connectivity index (χ2v) is 5.15. The predicted octanol–water partition coefficient (Wildman–Crippen LogP) is 0.944. The van der Waals surface area contributed by atoms with Crippen LogP contribution in [0.3, 0.4) is 0 Å². The minimum Gasteiger partial charge on any atom is -0.772 e. The number of hydrogen-bond acceptors (Lipinski definition) is 5. The average molecular weight is 256 g/mol. The van der Waals surface area contributed by atoms with Gasteiger partial charge in [-0.15, -0.1) is 0 Å². The zero-order valence-corrected chi connectivity index (χ0v) is 10.9. The maximum absolute atomic E-state index is 10.6. The van der Waals surface area contributed by atoms with E-state index in [4.69, 9.17) is 5.73 Å². The van der Waals surface area contributed by atoms with Crippen molar-refractivity contribution in [2.45, 2.75) is 32.7 Å². The van der Waals surface area contributed by atoms with Gasteiger partial charge in [-0.1, -0.05) is 24.9 Å². The summed E-state index contributed by atoms with van der Waals surface area (Å²) in [5.41, 5.74) is 7.62. The first-order chi connectivity index (χ1) is 8.02. The normalized spacial score (nSPS) is 16.5. The lowest BCUT2D eigenvalue weighted by atomic mass is 10.0. The van der Waals surface area contributed by atoms with E-state index in [0.29, 0.717) is 6.42 Å². The molecular formula is C11H18N3O2S-. The zero-order chi connectivity index (χ0) is 12.8. The molecule has 6 heteroatoms. The number of rotatable bonds is 6. The minimum atomic E-state index is -2.02. The van der Waals surface area contributed by atoms with Crippen LogP contribution in [-0.4, -0.2) is 24.5 Å². The summed E-state index contributed by atoms with van der Waals surface area (Å²) in [6.45, 7) is 3.87. The molecule has 0 saturated carbocycles. The minimum absolute atomic E-state index is 0.0235. The highest BCUT2D eigenvalue weighted by Crippen LogP contribution is 2.17. The van der Waals surface area contributed by atoms with Crippen LogP contribution >= 0.6 is 0 Å². The lowest BCUT2D eigenvalue weighted by Gasteiger charge is -2.18. The molecule has 0 aliphatic carbocycles. The molecule has 0 bridgehead atoms. The van der Waals surface area contributed by atoms with Crippen LogP contribution in [-0.2, 0) is 17.5 Å². The first kappa shape index (κ1) is 14.2. The standard InChI is InChI=1S/C11H19N3O2S/c1-3-9-5-13-6-11(14-9)10(12)4-8(2)7-17(15)16/h5-6,8,10H,3-4,7,12H2,1-2H3,(H,15,16)/p-1. The van der Waals surface area contributed by atoms with Crippen LogP contribution in [0.5, 0.6) is 0 Å². The highest BCUT2D eigenvalue weighted by molar-refractivity contribution is 7.79. The van der Waals surface area contributed by atoms with Crippen molar-refractivity contribution < 1.29 is 8.76 Å². The van der Waals surface area contributed by atoms with Crippen molar-refractivity contribution >= 4 is 11.1 Å². The van der Waals surface area contributed by atoms with Gasteiger partial charge in [-0.3, -0.25) is 14.2 Å². The molecule has 0 amide bonds. The van der Waals surface area contributed by atoms with Gasteiger partial charge >= 0.3 is 0 Å². The Morgan fingerprint density at radius 1 is 1.53 bits per heavy atom. The van der Waals surface area contributed by atoms with E-state index in [2.05, 4.69) is 9.97 Å². The van der Waals surface area contributed by atoms with E-state index >= 15 is 0 Å². The molecule has 3 atom stereocenters. The zero-order valence-electron chi connectivity index (χ0n) is 10.1. The molecule has 17 heavy (non-hydrogen) atoms. The molecule has 0 fully saturated rings. The van der Waals surface area contributed by atoms with Crippen LogP contribution in [0.15, 0.2) is 12.4 Å². The first-order valence-corrected chi connectivity index (χ1v) is 6.89. The summed E-state index contributed by atoms with van der Waals surface area (Å²) < 4.78 is 21.1. The number of aryl methyl sites for hydroxylation is 1. The fourth-order valence-electron chi connectivity index (χ4n) is 1.63. The maximum Gasteiger partial charge on any atom is 0.0757 e. The first-order valence-electron chi connectivity index (χ1n) is 5.65. The highest BCUT2D eigenvalue weighted by Gasteiger charge is 2.13. The topological polar surface area (TPSA) is 91.9 Å². The maximum atomic E-state index is 10.6. The fourth-order valence-corrected chi connectivity index (χ4v) is 2.23. The van der Waals surface area contributed by atoms with Crippen molar-refractivity contribution in [3.05, 3.63) is 23.8 Å². The summed E-state index contributed by atoms with van der Waals surface area (Å²) in [5, 5.41) is 0. The molecular weight excluding hydrogens is 238 g/mol. The quantitative estimate of drug-likeness (QED) is 0.765. The second kappa shape index (κ2) is 6.78. The van der Waals surface area contributed by atoms with E-state index in [0.717, 1.165) is 17.8 Å². The van der Waals surface area contributed by atoms with Gasteiger partial charge in [0.2, 0.25) is 0 Å². The van der Waals surface area contributed by atoms with Gasteiger partial charge in [0, 0.05) is 24.2 Å². The Hall–Kier alpha value is -0.850. The van der Waals surface area contributed by atoms with E-state index in [1.807, 2.05) is 13.8 Å². The molecule has 0 aliphatic heterocycles. The molecule has 5 nitrogen and oxygen atoms in total. The molecule has 1 rings (SSSR count). The summed E-state index contributed by atoms with van der Waals surface area (Å²) >= 11 is -2.02. The Balaban J connectivity index is 2.62. The van der Waals surface area contributed by atoms with Gasteiger partial charge in [0.1, 0.15) is 0 Å². The van der Waals surface area contributed by atoms with E-state index < -0.39 is 11.1 Å². The van der Waals surface area contributed by atoms with Gasteiger partial charge < -0.3 is 10.3 Å². The summed E-state index contributed by atoms with van der Waals surface area (Å²) in [6.07, 6.45) is 4.76. The van der Waals surface area contributed by atoms with Crippen LogP contribution in [0.1, 0.15) is 37.7 Å². The van der Waals surface area contributed by atoms with Crippen molar-refractivity contribution in [2.24, 2.45) is 11.7 Å². The average Bonchev–Trinajstić information content (AvgIpc) is 2.27. The van der Waals surface area contributed by atoms with Gasteiger partial charge in [0.25, 0.3) is 0 Å². The van der Waals surface area contributed by atoms with Crippen LogP contribution in [0, 0.1) is 5.92 Å². The number of hydrogen-bond donors (Lipinski definition) is 1. The van der Waals surface area contributed by atoms with Crippen molar-refractivity contribution in [3.8, 4) is 0 Å². The SMILES string of the molecule is CCc1cncc(C(N)CC(C)CS(=O)[O-])n1. The van der Waals surface area contributed by atoms with Crippen LogP contribution in [0.2, 0.25) is 0 Å². The van der Waals surface area contributed by atoms with Gasteiger partial charge in [0.15, 0.2) is 0 Å². The Kier molecular flexibility index (Phi) is 5.67. The number of aromatic nitrogens is 2. The molecule has 1 heterocycles. The predicted molar refractivity (Wildman–Crippen MR) is 65.9 cm³/mol. The number of nitrogens with zero attached hydrogens (tertiary/aromatic N) is 2. The molecule has 0 saturated heterocycles. The number of nitrogens with two attached hydrogens (primary N) is 1. The van der Waals surface area contributed by atoms with Crippen LogP contribution in [0.25, 0.3) is 0 Å². The molecule has 96 valence electrons. The summed E-state index contributed by atoms with van der Waals surface area (Å²) in [7, 11) is 0. The Morgan fingerprint density at radius 3 is 2.82 bits per heavy atom. The largest absolute Gasteiger partial charge is 0.772 e. The van der Waals surface area contributed by atoms with Crippen LogP contribution in [0.4, 0.5) is 0 Å². The third kappa shape index (κ3) is 4.89. The molecule has 0 spiro atoms. The van der Waals surface area contributed by atoms with E-state index in [9.17, 15) is 8.76 Å². The van der Waals surface area contributed by atoms with Crippen molar-refractivity contribution in [1.29, 1.82) is 0 Å². The lowest BCUT2D eigenvalue weighted by molar-refractivity contribution is 0.478. The highest BCUT2D eigenvalue weighted by atomic mass is 32.2. The Labute approximate surface area is 104 Å². The summed E-state index contributed by atoms with van der Waals surface area (Å²) in [4.78, 5) is 8.46. The van der Waals surface area contributed by atoms with Gasteiger partial charge in [-0.05, 0) is 18.8 Å². The second-order valence-electron chi connectivity index (χ2n) is 4.21. The van der Waals surface area contributed by atoms with E-state index in [1.165, 1.54) is 0 Å². The van der Waals surface area contributed by atoms with Crippen molar-refractivity contribution in [3.63, 3.8) is 0 Å². The third-order valence-electron chi connectivity index (χ3n) is 2.52. The van der Waals surface area contributed by atoms with Crippen LogP contribution < -0.4 is 5.73 Å². The molecule has 3 unspecified atom stereocenters. The molecule has 1 aromatic rings. The summed E-state index contributed by atoms with van der Waals surface area (Å²) in [6, 6.07) is -0.257. The Bertz CT molecular complexity index is 387. The van der Waals surface area contributed by atoms with E-state index in [1.54, 1.807) is 12.4 Å². The molecule has 2 N–H and O–H groups in total. The molecule has 0 radical (unpaired) electrons. The van der Waals surface area contributed by atoms with Crippen molar-refractivity contribution in [1.82, 2.24) is 9.97 Å². The molecule has 1 aromatic heterocycles. The Morgan fingerprint density at radius 2 is 2.24 bits per heavy atom. The van der Waals surface area contributed by atoms with E-state index in [-0.39, 0.29) is 17.7 Å². The molecule has 0 aliphatic rings. The van der Waals surface area contributed by atoms with Gasteiger partial charge in [-0.2, -0.15) is 0 Å². The fraction of sp³-hybridized carbons (Fsp3) is 0.636. The lowest BCUT2D eigenvalue weighted by Crippen LogP contribution is -2.19. The van der Waals surface area contributed by atoms with Gasteiger partial charge in [-0.25, -0.2) is 0 Å². The van der Waals surface area contributed by atoms with Crippen molar-refractivity contribution in [2.75, 3.05) is 5.75 Å². The monoisotopic (exact) mass is 256 g/mol. The molecule has 0 aromatic carbocycles. The smallest absolute Gasteiger partial charge is 0.0757 e.